The molecule has 2 nitrogen and oxygen atoms in total. The van der Waals surface area contributed by atoms with E-state index in [4.69, 9.17) is 5.73 Å². The first kappa shape index (κ1) is 9.59. The van der Waals surface area contributed by atoms with Gasteiger partial charge in [0.25, 0.3) is 0 Å². The summed E-state index contributed by atoms with van der Waals surface area (Å²) in [6.45, 7) is 1.88. The van der Waals surface area contributed by atoms with Crippen molar-refractivity contribution in [2.24, 2.45) is 0 Å². The van der Waals surface area contributed by atoms with Crippen molar-refractivity contribution >= 4 is 5.69 Å². The zero-order chi connectivity index (χ0) is 10.8. The Hall–Kier alpha value is -1.96. The molecule has 0 aliphatic heterocycles. The van der Waals surface area contributed by atoms with Crippen molar-refractivity contribution in [3.8, 4) is 16.9 Å². The van der Waals surface area contributed by atoms with Crippen molar-refractivity contribution in [2.75, 3.05) is 5.73 Å². The molecule has 2 aromatic carbocycles. The van der Waals surface area contributed by atoms with Gasteiger partial charge in [0.1, 0.15) is 5.75 Å². The highest BCUT2D eigenvalue weighted by Gasteiger charge is 2.06. The lowest BCUT2D eigenvalue weighted by Gasteiger charge is -2.08. The molecular weight excluding hydrogens is 186 g/mol. The van der Waals surface area contributed by atoms with E-state index in [-0.39, 0.29) is 5.75 Å². The highest BCUT2D eigenvalue weighted by molar-refractivity contribution is 5.74. The van der Waals surface area contributed by atoms with Gasteiger partial charge in [-0.05, 0) is 30.2 Å². The molecule has 0 heterocycles. The maximum atomic E-state index is 9.81. The second-order valence-corrected chi connectivity index (χ2v) is 3.59. The summed E-state index contributed by atoms with van der Waals surface area (Å²) in [4.78, 5) is 0. The van der Waals surface area contributed by atoms with E-state index in [2.05, 4.69) is 0 Å². The number of rotatable bonds is 1. The third-order valence-electron chi connectivity index (χ3n) is 2.47. The quantitative estimate of drug-likeness (QED) is 0.548. The van der Waals surface area contributed by atoms with Gasteiger partial charge in [0.2, 0.25) is 0 Å². The summed E-state index contributed by atoms with van der Waals surface area (Å²) >= 11 is 0. The van der Waals surface area contributed by atoms with E-state index < -0.39 is 0 Å². The average molecular weight is 199 g/mol. The Balaban J connectivity index is 2.59. The highest BCUT2D eigenvalue weighted by atomic mass is 16.3. The average Bonchev–Trinajstić information content (AvgIpc) is 2.25. The molecule has 2 rings (SSSR count). The minimum Gasteiger partial charge on any atom is -0.507 e. The number of phenols is 1. The first-order valence-corrected chi connectivity index (χ1v) is 4.83. The smallest absolute Gasteiger partial charge is 0.123 e. The van der Waals surface area contributed by atoms with Crippen LogP contribution in [0.15, 0.2) is 42.5 Å². The van der Waals surface area contributed by atoms with E-state index in [1.807, 2.05) is 37.3 Å². The minimum absolute atomic E-state index is 0.271. The molecule has 2 heteroatoms. The monoisotopic (exact) mass is 199 g/mol. The van der Waals surface area contributed by atoms with Gasteiger partial charge >= 0.3 is 0 Å². The Morgan fingerprint density at radius 2 is 1.73 bits per heavy atom. The molecule has 0 aromatic heterocycles. The molecule has 0 bridgehead atoms. The van der Waals surface area contributed by atoms with Crippen LogP contribution in [-0.2, 0) is 0 Å². The third kappa shape index (κ3) is 1.79. The van der Waals surface area contributed by atoms with Gasteiger partial charge in [0.05, 0.1) is 0 Å². The summed E-state index contributed by atoms with van der Waals surface area (Å²) in [5.74, 6) is 0.271. The fourth-order valence-corrected chi connectivity index (χ4v) is 1.56. The summed E-state index contributed by atoms with van der Waals surface area (Å²) in [6.07, 6.45) is 0. The standard InChI is InChI=1S/C13H13NO/c1-9-7-13(15)11(8-12(9)14)10-5-3-2-4-6-10/h2-8,15H,14H2,1H3. The summed E-state index contributed by atoms with van der Waals surface area (Å²) in [6, 6.07) is 13.2. The lowest BCUT2D eigenvalue weighted by atomic mass is 10.0. The van der Waals surface area contributed by atoms with E-state index in [1.165, 1.54) is 0 Å². The largest absolute Gasteiger partial charge is 0.507 e. The van der Waals surface area contributed by atoms with E-state index in [0.717, 1.165) is 16.7 Å². The van der Waals surface area contributed by atoms with Crippen molar-refractivity contribution in [3.63, 3.8) is 0 Å². The summed E-state index contributed by atoms with van der Waals surface area (Å²) in [5.41, 5.74) is 9.16. The molecule has 0 fully saturated rings. The zero-order valence-corrected chi connectivity index (χ0v) is 8.57. The Labute approximate surface area is 89.0 Å². The fraction of sp³-hybridized carbons (Fsp3) is 0.0769. The van der Waals surface area contributed by atoms with Crippen LogP contribution in [0.5, 0.6) is 5.75 Å². The first-order valence-electron chi connectivity index (χ1n) is 4.83. The van der Waals surface area contributed by atoms with Crippen LogP contribution in [0.1, 0.15) is 5.56 Å². The fourth-order valence-electron chi connectivity index (χ4n) is 1.56. The molecule has 0 amide bonds. The first-order chi connectivity index (χ1) is 7.18. The molecule has 15 heavy (non-hydrogen) atoms. The van der Waals surface area contributed by atoms with Crippen LogP contribution < -0.4 is 5.73 Å². The van der Waals surface area contributed by atoms with Crippen molar-refractivity contribution < 1.29 is 5.11 Å². The highest BCUT2D eigenvalue weighted by Crippen LogP contribution is 2.32. The number of hydrogen-bond donors (Lipinski definition) is 2. The molecule has 76 valence electrons. The molecule has 2 aromatic rings. The number of anilines is 1. The SMILES string of the molecule is Cc1cc(O)c(-c2ccccc2)cc1N. The van der Waals surface area contributed by atoms with Gasteiger partial charge in [-0.2, -0.15) is 0 Å². The third-order valence-corrected chi connectivity index (χ3v) is 2.47. The van der Waals surface area contributed by atoms with Gasteiger partial charge in [-0.1, -0.05) is 30.3 Å². The molecular formula is C13H13NO. The molecule has 0 saturated heterocycles. The van der Waals surface area contributed by atoms with Crippen LogP contribution in [0.2, 0.25) is 0 Å². The van der Waals surface area contributed by atoms with Crippen molar-refractivity contribution in [1.29, 1.82) is 0 Å². The predicted molar refractivity (Wildman–Crippen MR) is 62.7 cm³/mol. The second-order valence-electron chi connectivity index (χ2n) is 3.59. The summed E-state index contributed by atoms with van der Waals surface area (Å²) in [5, 5.41) is 9.81. The van der Waals surface area contributed by atoms with E-state index in [9.17, 15) is 5.11 Å². The van der Waals surface area contributed by atoms with Crippen molar-refractivity contribution in [1.82, 2.24) is 0 Å². The van der Waals surface area contributed by atoms with Gasteiger partial charge in [-0.25, -0.2) is 0 Å². The maximum Gasteiger partial charge on any atom is 0.123 e. The number of hydrogen-bond acceptors (Lipinski definition) is 2. The lowest BCUT2D eigenvalue weighted by molar-refractivity contribution is 0.477. The van der Waals surface area contributed by atoms with E-state index >= 15 is 0 Å². The normalized spacial score (nSPS) is 10.2. The molecule has 0 spiro atoms. The molecule has 0 saturated carbocycles. The van der Waals surface area contributed by atoms with Crippen LogP contribution in [-0.4, -0.2) is 5.11 Å². The molecule has 0 unspecified atom stereocenters. The Bertz CT molecular complexity index is 477. The summed E-state index contributed by atoms with van der Waals surface area (Å²) in [7, 11) is 0. The van der Waals surface area contributed by atoms with Gasteiger partial charge in [0, 0.05) is 11.3 Å². The van der Waals surface area contributed by atoms with Crippen LogP contribution in [0.3, 0.4) is 0 Å². The number of benzene rings is 2. The number of phenolic OH excluding ortho intramolecular Hbond substituents is 1. The van der Waals surface area contributed by atoms with Crippen LogP contribution in [0.25, 0.3) is 11.1 Å². The van der Waals surface area contributed by atoms with Gasteiger partial charge in [-0.15, -0.1) is 0 Å². The molecule has 0 aliphatic rings. The Morgan fingerprint density at radius 1 is 1.07 bits per heavy atom. The summed E-state index contributed by atoms with van der Waals surface area (Å²) < 4.78 is 0. The number of nitrogens with two attached hydrogens (primary N) is 1. The molecule has 0 atom stereocenters. The van der Waals surface area contributed by atoms with E-state index in [0.29, 0.717) is 5.69 Å². The van der Waals surface area contributed by atoms with E-state index in [1.54, 1.807) is 12.1 Å². The minimum atomic E-state index is 0.271. The second kappa shape index (κ2) is 3.65. The number of aryl methyl sites for hydroxylation is 1. The predicted octanol–water partition coefficient (Wildman–Crippen LogP) is 2.95. The van der Waals surface area contributed by atoms with Gasteiger partial charge < -0.3 is 10.8 Å². The van der Waals surface area contributed by atoms with Crippen LogP contribution in [0, 0.1) is 6.92 Å². The molecule has 0 radical (unpaired) electrons. The van der Waals surface area contributed by atoms with Crippen molar-refractivity contribution in [2.45, 2.75) is 6.92 Å². The van der Waals surface area contributed by atoms with Crippen LogP contribution in [0.4, 0.5) is 5.69 Å². The van der Waals surface area contributed by atoms with Crippen LogP contribution >= 0.6 is 0 Å². The lowest BCUT2D eigenvalue weighted by Crippen LogP contribution is -1.90. The van der Waals surface area contributed by atoms with Gasteiger partial charge in [0.15, 0.2) is 0 Å². The number of nitrogen functional groups attached to an aromatic ring is 1. The Morgan fingerprint density at radius 3 is 2.40 bits per heavy atom. The zero-order valence-electron chi connectivity index (χ0n) is 8.57. The number of aromatic hydroxyl groups is 1. The molecule has 0 aliphatic carbocycles. The Kier molecular flexibility index (Phi) is 2.34. The van der Waals surface area contributed by atoms with Crippen molar-refractivity contribution in [3.05, 3.63) is 48.0 Å². The maximum absolute atomic E-state index is 9.81. The van der Waals surface area contributed by atoms with Gasteiger partial charge in [-0.3, -0.25) is 0 Å². The topological polar surface area (TPSA) is 46.2 Å². The molecule has 3 N–H and O–H groups in total.